The van der Waals surface area contributed by atoms with E-state index in [1.165, 1.54) is 5.43 Å². The zero-order valence-electron chi connectivity index (χ0n) is 9.22. The average Bonchev–Trinajstić information content (AvgIpc) is 2.51. The van der Waals surface area contributed by atoms with Crippen molar-refractivity contribution in [1.82, 2.24) is 20.4 Å². The van der Waals surface area contributed by atoms with Crippen LogP contribution in [0.1, 0.15) is 11.7 Å². The largest absolute Gasteiger partial charge is 0.402 e. The molecule has 0 bridgehead atoms. The van der Waals surface area contributed by atoms with Crippen molar-refractivity contribution in [3.8, 4) is 0 Å². The van der Waals surface area contributed by atoms with E-state index < -0.39 is 30.0 Å². The number of hydrogen-bond donors (Lipinski definition) is 2. The van der Waals surface area contributed by atoms with Gasteiger partial charge in [0.2, 0.25) is 0 Å². The van der Waals surface area contributed by atoms with Crippen LogP contribution in [0.2, 0.25) is 0 Å². The third kappa shape index (κ3) is 3.36. The molecule has 0 spiro atoms. The van der Waals surface area contributed by atoms with E-state index in [0.717, 1.165) is 11.7 Å². The van der Waals surface area contributed by atoms with Crippen LogP contribution in [-0.4, -0.2) is 27.3 Å². The van der Waals surface area contributed by atoms with E-state index in [1.807, 2.05) is 0 Å². The first kappa shape index (κ1) is 16.2. The molecule has 0 saturated carbocycles. The SMILES string of the molecule is Cn1nnc(Br)c1C(NN)C(C(F)(F)F)C(F)(F)F. The molecule has 5 nitrogen and oxygen atoms in total. The number of nitrogens with two attached hydrogens (primary N) is 1. The molecule has 1 rings (SSSR count). The molecule has 1 aromatic rings. The highest BCUT2D eigenvalue weighted by molar-refractivity contribution is 9.10. The molecule has 0 aliphatic carbocycles. The number of aryl methyl sites for hydroxylation is 1. The second kappa shape index (κ2) is 5.25. The standard InChI is InChI=1S/C7H8BrF6N5/c1-19-3(5(8)17-18-19)2(16-15)4(6(9,10)11)7(12,13)14/h2,4,16H,15H2,1H3. The Balaban J connectivity index is 3.34. The molecule has 19 heavy (non-hydrogen) atoms. The second-order valence-electron chi connectivity index (χ2n) is 3.59. The van der Waals surface area contributed by atoms with Crippen LogP contribution in [0, 0.1) is 5.92 Å². The Morgan fingerprint density at radius 3 is 1.95 bits per heavy atom. The van der Waals surface area contributed by atoms with Crippen molar-refractivity contribution in [2.45, 2.75) is 18.4 Å². The maximum Gasteiger partial charge on any atom is 0.402 e. The molecule has 1 heterocycles. The van der Waals surface area contributed by atoms with Crippen LogP contribution in [0.3, 0.4) is 0 Å². The van der Waals surface area contributed by atoms with Crippen molar-refractivity contribution in [3.05, 3.63) is 10.3 Å². The van der Waals surface area contributed by atoms with E-state index in [-0.39, 0.29) is 4.60 Å². The Kier molecular flexibility index (Phi) is 4.47. The normalized spacial score (nSPS) is 15.1. The van der Waals surface area contributed by atoms with Gasteiger partial charge in [-0.25, -0.2) is 4.68 Å². The Hall–Kier alpha value is -0.880. The molecule has 0 fully saturated rings. The van der Waals surface area contributed by atoms with Gasteiger partial charge in [-0.2, -0.15) is 26.3 Å². The zero-order valence-corrected chi connectivity index (χ0v) is 10.8. The van der Waals surface area contributed by atoms with E-state index >= 15 is 0 Å². The molecular formula is C7H8BrF6N5. The van der Waals surface area contributed by atoms with Crippen LogP contribution in [0.5, 0.6) is 0 Å². The third-order valence-corrected chi connectivity index (χ3v) is 2.90. The molecular weight excluding hydrogens is 348 g/mol. The maximum absolute atomic E-state index is 12.6. The number of nitrogens with zero attached hydrogens (tertiary/aromatic N) is 3. The summed E-state index contributed by atoms with van der Waals surface area (Å²) in [6, 6.07) is -2.27. The van der Waals surface area contributed by atoms with E-state index in [2.05, 4.69) is 26.2 Å². The lowest BCUT2D eigenvalue weighted by atomic mass is 9.96. The fraction of sp³-hybridized carbons (Fsp3) is 0.714. The van der Waals surface area contributed by atoms with E-state index in [9.17, 15) is 26.3 Å². The lowest BCUT2D eigenvalue weighted by Crippen LogP contribution is -2.48. The minimum atomic E-state index is -5.53. The van der Waals surface area contributed by atoms with Crippen LogP contribution in [0.15, 0.2) is 4.60 Å². The van der Waals surface area contributed by atoms with Crippen molar-refractivity contribution in [3.63, 3.8) is 0 Å². The Morgan fingerprint density at radius 1 is 1.21 bits per heavy atom. The number of hydrazine groups is 1. The summed E-state index contributed by atoms with van der Waals surface area (Å²) in [5.41, 5.74) is 1.07. The monoisotopic (exact) mass is 355 g/mol. The Morgan fingerprint density at radius 2 is 1.68 bits per heavy atom. The molecule has 12 heteroatoms. The Labute approximate surface area is 111 Å². The van der Waals surface area contributed by atoms with Gasteiger partial charge in [-0.3, -0.25) is 11.3 Å². The first-order valence-electron chi connectivity index (χ1n) is 4.64. The van der Waals surface area contributed by atoms with Gasteiger partial charge in [0.15, 0.2) is 10.5 Å². The van der Waals surface area contributed by atoms with E-state index in [1.54, 1.807) is 0 Å². The van der Waals surface area contributed by atoms with Gasteiger partial charge in [-0.15, -0.1) is 5.10 Å². The summed E-state index contributed by atoms with van der Waals surface area (Å²) >= 11 is 2.74. The molecule has 0 amide bonds. The smallest absolute Gasteiger partial charge is 0.271 e. The molecule has 1 unspecified atom stereocenters. The topological polar surface area (TPSA) is 68.8 Å². The molecule has 0 saturated heterocycles. The van der Waals surface area contributed by atoms with Gasteiger partial charge in [-0.1, -0.05) is 5.21 Å². The van der Waals surface area contributed by atoms with Gasteiger partial charge in [0.05, 0.1) is 11.7 Å². The van der Waals surface area contributed by atoms with Gasteiger partial charge < -0.3 is 0 Å². The molecule has 0 radical (unpaired) electrons. The highest BCUT2D eigenvalue weighted by atomic mass is 79.9. The third-order valence-electron chi connectivity index (χ3n) is 2.34. The van der Waals surface area contributed by atoms with Gasteiger partial charge >= 0.3 is 12.4 Å². The molecule has 0 aromatic carbocycles. The van der Waals surface area contributed by atoms with Crippen LogP contribution in [-0.2, 0) is 7.05 Å². The van der Waals surface area contributed by atoms with E-state index in [4.69, 9.17) is 5.84 Å². The van der Waals surface area contributed by atoms with Crippen molar-refractivity contribution < 1.29 is 26.3 Å². The van der Waals surface area contributed by atoms with Crippen molar-refractivity contribution >= 4 is 15.9 Å². The number of hydrogen-bond acceptors (Lipinski definition) is 4. The molecule has 1 aromatic heterocycles. The van der Waals surface area contributed by atoms with Crippen LogP contribution in [0.25, 0.3) is 0 Å². The fourth-order valence-corrected chi connectivity index (χ4v) is 2.14. The van der Waals surface area contributed by atoms with Gasteiger partial charge in [0, 0.05) is 7.05 Å². The highest BCUT2D eigenvalue weighted by Gasteiger charge is 2.61. The lowest BCUT2D eigenvalue weighted by molar-refractivity contribution is -0.293. The predicted octanol–water partition coefficient (Wildman–Crippen LogP) is 1.82. The molecule has 110 valence electrons. The first-order chi connectivity index (χ1) is 8.50. The summed E-state index contributed by atoms with van der Waals surface area (Å²) in [5, 5.41) is 6.65. The first-order valence-corrected chi connectivity index (χ1v) is 5.44. The number of nitrogens with one attached hydrogen (secondary N) is 1. The molecule has 3 N–H and O–H groups in total. The van der Waals surface area contributed by atoms with Crippen LogP contribution < -0.4 is 11.3 Å². The van der Waals surface area contributed by atoms with E-state index in [0.29, 0.717) is 0 Å². The zero-order chi connectivity index (χ0) is 15.0. The lowest BCUT2D eigenvalue weighted by Gasteiger charge is -2.30. The molecule has 0 aliphatic heterocycles. The van der Waals surface area contributed by atoms with Gasteiger partial charge in [0.25, 0.3) is 0 Å². The summed E-state index contributed by atoms with van der Waals surface area (Å²) in [6.07, 6.45) is -11.1. The summed E-state index contributed by atoms with van der Waals surface area (Å²) in [5.74, 6) is 1.17. The summed E-state index contributed by atoms with van der Waals surface area (Å²) in [4.78, 5) is 0. The number of rotatable bonds is 3. The minimum absolute atomic E-state index is 0.253. The van der Waals surface area contributed by atoms with Crippen LogP contribution in [0.4, 0.5) is 26.3 Å². The quantitative estimate of drug-likeness (QED) is 0.493. The summed E-state index contributed by atoms with van der Waals surface area (Å²) < 4.78 is 76.3. The number of halogens is 7. The average molecular weight is 356 g/mol. The van der Waals surface area contributed by atoms with Gasteiger partial charge in [-0.05, 0) is 15.9 Å². The van der Waals surface area contributed by atoms with Gasteiger partial charge in [0.1, 0.15) is 0 Å². The van der Waals surface area contributed by atoms with Crippen molar-refractivity contribution in [2.24, 2.45) is 18.8 Å². The number of alkyl halides is 6. The maximum atomic E-state index is 12.6. The fourth-order valence-electron chi connectivity index (χ4n) is 1.57. The van der Waals surface area contributed by atoms with Crippen molar-refractivity contribution in [2.75, 3.05) is 0 Å². The summed E-state index contributed by atoms with van der Waals surface area (Å²) in [6.45, 7) is 0. The van der Waals surface area contributed by atoms with Crippen molar-refractivity contribution in [1.29, 1.82) is 0 Å². The predicted molar refractivity (Wildman–Crippen MR) is 54.4 cm³/mol. The Bertz CT molecular complexity index is 407. The second-order valence-corrected chi connectivity index (χ2v) is 4.35. The molecule has 0 aliphatic rings. The minimum Gasteiger partial charge on any atom is -0.271 e. The van der Waals surface area contributed by atoms with Crippen LogP contribution >= 0.6 is 15.9 Å². The molecule has 1 atom stereocenters. The number of aromatic nitrogens is 3. The summed E-state index contributed by atoms with van der Waals surface area (Å²) in [7, 11) is 1.15. The highest BCUT2D eigenvalue weighted by Crippen LogP contribution is 2.46.